The summed E-state index contributed by atoms with van der Waals surface area (Å²) in [6, 6.07) is 13.9. The number of imide groups is 1. The highest BCUT2D eigenvalue weighted by Gasteiger charge is 2.41. The molecule has 0 radical (unpaired) electrons. The number of aromatic nitrogens is 2. The van der Waals surface area contributed by atoms with Gasteiger partial charge in [0.15, 0.2) is 0 Å². The number of piperidine rings is 3. The molecule has 0 aliphatic carbocycles. The van der Waals surface area contributed by atoms with Crippen LogP contribution in [-0.2, 0) is 28.3 Å². The molecule has 1 aromatic heterocycles. The van der Waals surface area contributed by atoms with E-state index in [1.807, 2.05) is 12.1 Å². The Morgan fingerprint density at radius 3 is 2.29 bits per heavy atom. The molecule has 5 heterocycles. The molecule has 4 N–H and O–H groups in total. The van der Waals surface area contributed by atoms with E-state index in [0.29, 0.717) is 43.2 Å². The number of hydrogen-bond acceptors (Lipinski definition) is 9. The van der Waals surface area contributed by atoms with Gasteiger partial charge in [0.25, 0.3) is 5.91 Å². The molecule has 3 amide bonds. The third-order valence-electron chi connectivity index (χ3n) is 10.2. The minimum absolute atomic E-state index is 0.186. The molecule has 4 aliphatic heterocycles. The molecule has 7 rings (SSSR count). The summed E-state index contributed by atoms with van der Waals surface area (Å²) in [4.78, 5) is 51.0. The van der Waals surface area contributed by atoms with E-state index in [9.17, 15) is 19.5 Å². The van der Waals surface area contributed by atoms with Crippen LogP contribution in [0.2, 0.25) is 0 Å². The van der Waals surface area contributed by atoms with Crippen molar-refractivity contribution in [2.45, 2.75) is 89.4 Å². The lowest BCUT2D eigenvalue weighted by Gasteiger charge is -2.38. The van der Waals surface area contributed by atoms with Crippen LogP contribution in [0.25, 0.3) is 0 Å². The smallest absolute Gasteiger partial charge is 0.255 e. The second-order valence-electron chi connectivity index (χ2n) is 13.8. The van der Waals surface area contributed by atoms with Gasteiger partial charge in [0.2, 0.25) is 17.8 Å². The number of benzene rings is 2. The molecule has 2 aromatic carbocycles. The summed E-state index contributed by atoms with van der Waals surface area (Å²) < 4.78 is 0. The third kappa shape index (κ3) is 7.52. The van der Waals surface area contributed by atoms with Crippen molar-refractivity contribution in [2.24, 2.45) is 0 Å². The molecule has 1 unspecified atom stereocenters. The molecule has 3 fully saturated rings. The highest BCUT2D eigenvalue weighted by Crippen LogP contribution is 2.37. The second kappa shape index (κ2) is 14.4. The number of rotatable bonds is 6. The van der Waals surface area contributed by atoms with Gasteiger partial charge >= 0.3 is 0 Å². The molecule has 0 spiro atoms. The number of carbonyl (C=O) groups is 3. The number of aliphatic hydroxyl groups is 1. The van der Waals surface area contributed by atoms with Crippen LogP contribution in [0.5, 0.6) is 0 Å². The van der Waals surface area contributed by atoms with Gasteiger partial charge in [-0.15, -0.1) is 0 Å². The Labute approximate surface area is 282 Å². The zero-order valence-electron chi connectivity index (χ0n) is 28.0. The Balaban J connectivity index is 0.000000345. The number of hydrogen-bond donors (Lipinski definition) is 3. The van der Waals surface area contributed by atoms with Gasteiger partial charge in [0.1, 0.15) is 6.04 Å². The standard InChI is InChI=1S/C30H36N4O4.C7H11N3/c35-27-11-10-26(28(36)31-27)34-20-22-18-23(6-9-25(22)29(34)37)30(38)12-16-32(17-13-30)19-21-4-7-24(8-5-21)33-14-2-1-3-15-33;1-5(2)6-3-9-7(8)10-4-6/h4-9,18,26,38H,1-3,10-17,19-20H2,(H,31,35,36);3-5H,1-2H3,(H2,8,9,10). The van der Waals surface area contributed by atoms with Crippen LogP contribution < -0.4 is 16.0 Å². The maximum atomic E-state index is 13.0. The fraction of sp³-hybridized carbons (Fsp3) is 0.486. The Hall–Kier alpha value is -4.35. The molecule has 11 heteroatoms. The zero-order chi connectivity index (χ0) is 33.8. The van der Waals surface area contributed by atoms with Gasteiger partial charge in [0.05, 0.1) is 5.60 Å². The Kier molecular flexibility index (Phi) is 10.1. The number of anilines is 2. The zero-order valence-corrected chi connectivity index (χ0v) is 28.0. The topological polar surface area (TPSA) is 145 Å². The molecule has 254 valence electrons. The molecule has 4 aliphatic rings. The summed E-state index contributed by atoms with van der Waals surface area (Å²) in [6.45, 7) is 9.26. The molecule has 11 nitrogen and oxygen atoms in total. The Bertz CT molecular complexity index is 1610. The number of nitrogens with one attached hydrogen (secondary N) is 1. The average molecular weight is 654 g/mol. The molecular weight excluding hydrogens is 606 g/mol. The van der Waals surface area contributed by atoms with Gasteiger partial charge in [-0.1, -0.05) is 38.1 Å². The van der Waals surface area contributed by atoms with Gasteiger partial charge in [-0.05, 0) is 84.9 Å². The Morgan fingerprint density at radius 1 is 0.958 bits per heavy atom. The summed E-state index contributed by atoms with van der Waals surface area (Å²) in [5, 5.41) is 13.9. The van der Waals surface area contributed by atoms with Crippen LogP contribution >= 0.6 is 0 Å². The maximum absolute atomic E-state index is 13.0. The summed E-state index contributed by atoms with van der Waals surface area (Å²) in [6.07, 6.45) is 9.23. The van der Waals surface area contributed by atoms with Crippen molar-refractivity contribution in [1.82, 2.24) is 25.1 Å². The molecule has 48 heavy (non-hydrogen) atoms. The second-order valence-corrected chi connectivity index (χ2v) is 13.8. The lowest BCUT2D eigenvalue weighted by Crippen LogP contribution is -2.52. The lowest BCUT2D eigenvalue weighted by molar-refractivity contribution is -0.136. The van der Waals surface area contributed by atoms with E-state index in [4.69, 9.17) is 5.73 Å². The number of fused-ring (bicyclic) bond motifs is 1. The van der Waals surface area contributed by atoms with Gasteiger partial charge in [-0.25, -0.2) is 9.97 Å². The number of amides is 3. The van der Waals surface area contributed by atoms with E-state index in [0.717, 1.165) is 49.4 Å². The first kappa shape index (κ1) is 33.5. The molecular formula is C37H47N7O4. The normalized spacial score (nSPS) is 21.1. The minimum atomic E-state index is -0.936. The number of nitrogens with two attached hydrogens (primary N) is 1. The van der Waals surface area contributed by atoms with Crippen molar-refractivity contribution in [1.29, 1.82) is 0 Å². The molecule has 0 saturated carbocycles. The first-order valence-electron chi connectivity index (χ1n) is 17.2. The van der Waals surface area contributed by atoms with Crippen molar-refractivity contribution in [2.75, 3.05) is 36.8 Å². The summed E-state index contributed by atoms with van der Waals surface area (Å²) >= 11 is 0. The van der Waals surface area contributed by atoms with Crippen LogP contribution in [0.3, 0.4) is 0 Å². The summed E-state index contributed by atoms with van der Waals surface area (Å²) in [5.74, 6) is -0.0744. The summed E-state index contributed by atoms with van der Waals surface area (Å²) in [5.41, 5.74) is 10.3. The van der Waals surface area contributed by atoms with Crippen molar-refractivity contribution in [3.05, 3.63) is 82.7 Å². The lowest BCUT2D eigenvalue weighted by atomic mass is 9.83. The van der Waals surface area contributed by atoms with E-state index < -0.39 is 17.6 Å². The molecule has 3 saturated heterocycles. The molecule has 0 bridgehead atoms. The van der Waals surface area contributed by atoms with Gasteiger partial charge < -0.3 is 20.6 Å². The first-order valence-corrected chi connectivity index (χ1v) is 17.2. The predicted octanol–water partition coefficient (Wildman–Crippen LogP) is 4.10. The quantitative estimate of drug-likeness (QED) is 0.335. The van der Waals surface area contributed by atoms with Crippen molar-refractivity contribution < 1.29 is 19.5 Å². The first-order chi connectivity index (χ1) is 23.1. The molecule has 3 aromatic rings. The third-order valence-corrected chi connectivity index (χ3v) is 10.2. The van der Waals surface area contributed by atoms with Crippen molar-refractivity contribution in [3.63, 3.8) is 0 Å². The van der Waals surface area contributed by atoms with Gasteiger partial charge in [0, 0.05) is 69.3 Å². The predicted molar refractivity (Wildman–Crippen MR) is 184 cm³/mol. The van der Waals surface area contributed by atoms with Crippen LogP contribution in [0.15, 0.2) is 54.9 Å². The van der Waals surface area contributed by atoms with Crippen molar-refractivity contribution >= 4 is 29.4 Å². The van der Waals surface area contributed by atoms with E-state index in [1.165, 1.54) is 30.5 Å². The van der Waals surface area contributed by atoms with E-state index in [-0.39, 0.29) is 18.2 Å². The van der Waals surface area contributed by atoms with E-state index >= 15 is 0 Å². The number of nitrogens with zero attached hydrogens (tertiary/aromatic N) is 5. The monoisotopic (exact) mass is 653 g/mol. The van der Waals surface area contributed by atoms with Crippen LogP contribution in [0.4, 0.5) is 11.6 Å². The highest BCUT2D eigenvalue weighted by molar-refractivity contribution is 6.05. The number of nitrogen functional groups attached to an aromatic ring is 1. The minimum Gasteiger partial charge on any atom is -0.385 e. The van der Waals surface area contributed by atoms with Crippen LogP contribution in [0, 0.1) is 0 Å². The largest absolute Gasteiger partial charge is 0.385 e. The van der Waals surface area contributed by atoms with Crippen LogP contribution in [-0.4, -0.2) is 74.8 Å². The summed E-state index contributed by atoms with van der Waals surface area (Å²) in [7, 11) is 0. The van der Waals surface area contributed by atoms with Crippen molar-refractivity contribution in [3.8, 4) is 0 Å². The molecule has 1 atom stereocenters. The van der Waals surface area contributed by atoms with Gasteiger partial charge in [-0.3, -0.25) is 24.6 Å². The SMILES string of the molecule is CC(C)c1cnc(N)nc1.O=C1CCC(N2Cc3cc(C4(O)CCN(Cc5ccc(N6CCCCC6)cc5)CC4)ccc3C2=O)C(=O)N1. The fourth-order valence-electron chi connectivity index (χ4n) is 7.10. The average Bonchev–Trinajstić information content (AvgIpc) is 3.42. The van der Waals surface area contributed by atoms with Crippen LogP contribution in [0.1, 0.15) is 97.3 Å². The maximum Gasteiger partial charge on any atom is 0.255 e. The fourth-order valence-corrected chi connectivity index (χ4v) is 7.10. The highest BCUT2D eigenvalue weighted by atomic mass is 16.3. The number of carbonyl (C=O) groups excluding carboxylic acids is 3. The van der Waals surface area contributed by atoms with Gasteiger partial charge in [-0.2, -0.15) is 0 Å². The van der Waals surface area contributed by atoms with E-state index in [2.05, 4.69) is 63.2 Å². The van der Waals surface area contributed by atoms with E-state index in [1.54, 1.807) is 23.4 Å². The number of likely N-dealkylation sites (tertiary alicyclic amines) is 1. The Morgan fingerprint density at radius 2 is 1.65 bits per heavy atom.